The minimum absolute atomic E-state index is 0.154. The maximum Gasteiger partial charge on any atom is 0.264 e. The molecule has 0 aliphatic rings. The molecule has 1 amide bonds. The maximum atomic E-state index is 12.1. The van der Waals surface area contributed by atoms with Crippen LogP contribution in [0.15, 0.2) is 62.9 Å². The van der Waals surface area contributed by atoms with Crippen molar-refractivity contribution in [3.63, 3.8) is 0 Å². The molecule has 1 aromatic heterocycles. The van der Waals surface area contributed by atoms with E-state index in [1.807, 2.05) is 4.72 Å². The van der Waals surface area contributed by atoms with Crippen LogP contribution in [0.4, 0.5) is 0 Å². The Morgan fingerprint density at radius 2 is 1.78 bits per heavy atom. The topological polar surface area (TPSA) is 111 Å². The van der Waals surface area contributed by atoms with Crippen LogP contribution in [0.2, 0.25) is 0 Å². The van der Waals surface area contributed by atoms with Gasteiger partial charge in [0.25, 0.3) is 15.9 Å². The van der Waals surface area contributed by atoms with E-state index in [0.29, 0.717) is 5.76 Å². The Morgan fingerprint density at radius 3 is 2.39 bits per heavy atom. The molecule has 1 N–H and O–H groups in total. The molecule has 0 bridgehead atoms. The second kappa shape index (κ2) is 6.39. The van der Waals surface area contributed by atoms with Crippen molar-refractivity contribution in [1.82, 2.24) is 4.72 Å². The van der Waals surface area contributed by atoms with Crippen LogP contribution < -0.4 is 4.72 Å². The molecule has 0 spiro atoms. The van der Waals surface area contributed by atoms with Crippen LogP contribution in [0, 0.1) is 0 Å². The van der Waals surface area contributed by atoms with Crippen molar-refractivity contribution in [2.24, 2.45) is 0 Å². The number of benzene rings is 1. The van der Waals surface area contributed by atoms with Gasteiger partial charge in [0.1, 0.15) is 5.76 Å². The van der Waals surface area contributed by atoms with Crippen LogP contribution in [0.25, 0.3) is 6.08 Å². The highest BCUT2D eigenvalue weighted by molar-refractivity contribution is 7.91. The van der Waals surface area contributed by atoms with E-state index in [0.717, 1.165) is 18.4 Å². The molecule has 23 heavy (non-hydrogen) atoms. The number of sulfonamides is 1. The number of furan rings is 1. The molecule has 1 heterocycles. The van der Waals surface area contributed by atoms with Crippen molar-refractivity contribution < 1.29 is 26.0 Å². The molecule has 2 aromatic rings. The zero-order chi connectivity index (χ0) is 17.1. The third kappa shape index (κ3) is 4.54. The summed E-state index contributed by atoms with van der Waals surface area (Å²) in [7, 11) is -7.74. The zero-order valence-corrected chi connectivity index (χ0v) is 13.6. The fourth-order valence-corrected chi connectivity index (χ4v) is 3.37. The van der Waals surface area contributed by atoms with Gasteiger partial charge in [0.2, 0.25) is 0 Å². The number of hydrogen-bond acceptors (Lipinski definition) is 6. The summed E-state index contributed by atoms with van der Waals surface area (Å²) in [5.41, 5.74) is 0. The molecule has 7 nitrogen and oxygen atoms in total. The lowest BCUT2D eigenvalue weighted by Crippen LogP contribution is -2.29. The third-order valence-electron chi connectivity index (χ3n) is 2.72. The quantitative estimate of drug-likeness (QED) is 0.807. The lowest BCUT2D eigenvalue weighted by Gasteiger charge is -2.06. The lowest BCUT2D eigenvalue weighted by molar-refractivity contribution is -0.114. The summed E-state index contributed by atoms with van der Waals surface area (Å²) in [5.74, 6) is -0.497. The average Bonchev–Trinajstić information content (AvgIpc) is 2.97. The van der Waals surface area contributed by atoms with Gasteiger partial charge >= 0.3 is 0 Å². The van der Waals surface area contributed by atoms with Crippen molar-refractivity contribution in [2.45, 2.75) is 9.79 Å². The lowest BCUT2D eigenvalue weighted by atomic mass is 10.4. The Bertz CT molecular complexity index is 941. The summed E-state index contributed by atoms with van der Waals surface area (Å²) in [6.07, 6.45) is 4.67. The molecule has 2 rings (SSSR count). The highest BCUT2D eigenvalue weighted by Gasteiger charge is 2.18. The van der Waals surface area contributed by atoms with Gasteiger partial charge in [-0.1, -0.05) is 6.07 Å². The average molecular weight is 355 g/mol. The van der Waals surface area contributed by atoms with E-state index in [1.54, 1.807) is 12.1 Å². The molecule has 0 fully saturated rings. The number of hydrogen-bond donors (Lipinski definition) is 1. The predicted molar refractivity (Wildman–Crippen MR) is 82.6 cm³/mol. The number of amides is 1. The number of carbonyl (C=O) groups excluding carboxylic acids is 1. The molecule has 0 saturated heterocycles. The number of nitrogens with one attached hydrogen (secondary N) is 1. The Kier molecular flexibility index (Phi) is 4.71. The van der Waals surface area contributed by atoms with Crippen LogP contribution in [0.3, 0.4) is 0 Å². The van der Waals surface area contributed by atoms with Gasteiger partial charge < -0.3 is 4.42 Å². The summed E-state index contributed by atoms with van der Waals surface area (Å²) in [4.78, 5) is 11.2. The van der Waals surface area contributed by atoms with Crippen molar-refractivity contribution in [3.8, 4) is 0 Å². The summed E-state index contributed by atoms with van der Waals surface area (Å²) in [5, 5.41) is 0. The third-order valence-corrected chi connectivity index (χ3v) is 5.18. The Labute approximate surface area is 133 Å². The summed E-state index contributed by atoms with van der Waals surface area (Å²) < 4.78 is 53.9. The molecule has 0 unspecified atom stereocenters. The highest BCUT2D eigenvalue weighted by Crippen LogP contribution is 2.15. The van der Waals surface area contributed by atoms with E-state index in [4.69, 9.17) is 4.42 Å². The first-order chi connectivity index (χ1) is 10.7. The Hall–Kier alpha value is -2.39. The van der Waals surface area contributed by atoms with Crippen molar-refractivity contribution in [3.05, 3.63) is 54.5 Å². The minimum Gasteiger partial charge on any atom is -0.465 e. The van der Waals surface area contributed by atoms with Crippen LogP contribution in [-0.4, -0.2) is 29.0 Å². The van der Waals surface area contributed by atoms with Gasteiger partial charge in [-0.2, -0.15) is 0 Å². The maximum absolute atomic E-state index is 12.1. The van der Waals surface area contributed by atoms with Crippen molar-refractivity contribution in [1.29, 1.82) is 0 Å². The molecule has 9 heteroatoms. The van der Waals surface area contributed by atoms with E-state index in [2.05, 4.69) is 0 Å². The molecule has 0 aliphatic carbocycles. The molecule has 0 saturated carbocycles. The van der Waals surface area contributed by atoms with Gasteiger partial charge in [-0.15, -0.1) is 0 Å². The van der Waals surface area contributed by atoms with E-state index in [9.17, 15) is 21.6 Å². The Morgan fingerprint density at radius 1 is 1.09 bits per heavy atom. The molecule has 122 valence electrons. The van der Waals surface area contributed by atoms with Crippen LogP contribution in [-0.2, 0) is 24.7 Å². The van der Waals surface area contributed by atoms with Crippen LogP contribution in [0.1, 0.15) is 5.76 Å². The van der Waals surface area contributed by atoms with Gasteiger partial charge in [0.15, 0.2) is 9.84 Å². The molecule has 0 aliphatic heterocycles. The van der Waals surface area contributed by atoms with Crippen molar-refractivity contribution >= 4 is 31.8 Å². The zero-order valence-electron chi connectivity index (χ0n) is 12.0. The fraction of sp³-hybridized carbons (Fsp3) is 0.0714. The molecular formula is C14H13NO6S2. The SMILES string of the molecule is CS(=O)(=O)c1cccc(S(=O)(=O)NC(=O)/C=C/c2ccco2)c1. The van der Waals surface area contributed by atoms with E-state index in [1.165, 1.54) is 30.5 Å². The largest absolute Gasteiger partial charge is 0.465 e. The number of sulfone groups is 1. The first-order valence-corrected chi connectivity index (χ1v) is 9.64. The van der Waals surface area contributed by atoms with Crippen molar-refractivity contribution in [2.75, 3.05) is 6.26 Å². The first-order valence-electron chi connectivity index (χ1n) is 6.27. The van der Waals surface area contributed by atoms with Gasteiger partial charge in [-0.25, -0.2) is 21.6 Å². The highest BCUT2D eigenvalue weighted by atomic mass is 32.2. The normalized spacial score (nSPS) is 12.4. The monoisotopic (exact) mass is 355 g/mol. The van der Waals surface area contributed by atoms with E-state index in [-0.39, 0.29) is 9.79 Å². The smallest absolute Gasteiger partial charge is 0.264 e. The summed E-state index contributed by atoms with van der Waals surface area (Å²) in [6, 6.07) is 7.95. The summed E-state index contributed by atoms with van der Waals surface area (Å²) >= 11 is 0. The molecular weight excluding hydrogens is 342 g/mol. The molecule has 0 radical (unpaired) electrons. The van der Waals surface area contributed by atoms with Gasteiger partial charge in [-0.05, 0) is 36.4 Å². The standard InChI is InChI=1S/C14H13NO6S2/c1-22(17,18)12-5-2-6-13(10-12)23(19,20)15-14(16)8-7-11-4-3-9-21-11/h2-10H,1H3,(H,15,16)/b8-7+. The number of rotatable bonds is 5. The number of carbonyl (C=O) groups is 1. The first kappa shape index (κ1) is 17.0. The molecule has 1 aromatic carbocycles. The van der Waals surface area contributed by atoms with Gasteiger partial charge in [-0.3, -0.25) is 4.79 Å². The van der Waals surface area contributed by atoms with Crippen LogP contribution in [0.5, 0.6) is 0 Å². The second-order valence-electron chi connectivity index (χ2n) is 4.57. The molecule has 0 atom stereocenters. The van der Waals surface area contributed by atoms with E-state index >= 15 is 0 Å². The van der Waals surface area contributed by atoms with E-state index < -0.39 is 25.8 Å². The van der Waals surface area contributed by atoms with Gasteiger partial charge in [0.05, 0.1) is 16.1 Å². The fourth-order valence-electron chi connectivity index (χ4n) is 1.64. The Balaban J connectivity index is 2.20. The second-order valence-corrected chi connectivity index (χ2v) is 8.26. The van der Waals surface area contributed by atoms with Crippen LogP contribution >= 0.6 is 0 Å². The van der Waals surface area contributed by atoms with Gasteiger partial charge in [0, 0.05) is 12.3 Å². The minimum atomic E-state index is -4.18. The summed E-state index contributed by atoms with van der Waals surface area (Å²) in [6.45, 7) is 0. The predicted octanol–water partition coefficient (Wildman–Crippen LogP) is 1.20.